The summed E-state index contributed by atoms with van der Waals surface area (Å²) in [4.78, 5) is 0. The van der Waals surface area contributed by atoms with E-state index in [-0.39, 0.29) is 6.04 Å². The van der Waals surface area contributed by atoms with E-state index in [1.807, 2.05) is 12.1 Å². The van der Waals surface area contributed by atoms with Crippen LogP contribution >= 0.6 is 11.6 Å². The van der Waals surface area contributed by atoms with Gasteiger partial charge in [-0.2, -0.15) is 0 Å². The molecule has 0 heterocycles. The van der Waals surface area contributed by atoms with Crippen molar-refractivity contribution in [3.8, 4) is 5.75 Å². The van der Waals surface area contributed by atoms with Gasteiger partial charge < -0.3 is 15.2 Å². The van der Waals surface area contributed by atoms with Crippen molar-refractivity contribution in [2.75, 3.05) is 14.2 Å². The van der Waals surface area contributed by atoms with E-state index in [4.69, 9.17) is 26.8 Å². The standard InChI is InChI=1S/C13H20ClNO2/c1-4-11(15)7-10-5-9(8-16-2)6-12(14)13(10)17-3/h5-6,11H,4,7-8,15H2,1-3H3. The molecule has 0 aliphatic rings. The Balaban J connectivity index is 3.05. The van der Waals surface area contributed by atoms with Gasteiger partial charge in [-0.1, -0.05) is 18.5 Å². The zero-order valence-electron chi connectivity index (χ0n) is 10.6. The Hall–Kier alpha value is -0.770. The largest absolute Gasteiger partial charge is 0.495 e. The van der Waals surface area contributed by atoms with Crippen LogP contribution in [-0.4, -0.2) is 20.3 Å². The van der Waals surface area contributed by atoms with Crippen molar-refractivity contribution < 1.29 is 9.47 Å². The second kappa shape index (κ2) is 6.84. The highest BCUT2D eigenvalue weighted by Crippen LogP contribution is 2.31. The van der Waals surface area contributed by atoms with Crippen molar-refractivity contribution in [3.63, 3.8) is 0 Å². The van der Waals surface area contributed by atoms with Crippen molar-refractivity contribution in [2.24, 2.45) is 5.73 Å². The molecule has 2 N–H and O–H groups in total. The van der Waals surface area contributed by atoms with E-state index >= 15 is 0 Å². The number of rotatable bonds is 6. The van der Waals surface area contributed by atoms with Gasteiger partial charge in [0.15, 0.2) is 0 Å². The van der Waals surface area contributed by atoms with E-state index in [2.05, 4.69) is 6.92 Å². The molecule has 0 amide bonds. The molecule has 4 heteroatoms. The molecule has 1 aromatic rings. The smallest absolute Gasteiger partial charge is 0.140 e. The molecule has 0 saturated heterocycles. The summed E-state index contributed by atoms with van der Waals surface area (Å²) in [6.45, 7) is 2.61. The van der Waals surface area contributed by atoms with Gasteiger partial charge in [0.1, 0.15) is 5.75 Å². The maximum Gasteiger partial charge on any atom is 0.140 e. The first-order valence-electron chi connectivity index (χ1n) is 5.72. The summed E-state index contributed by atoms with van der Waals surface area (Å²) in [6.07, 6.45) is 1.69. The molecule has 0 radical (unpaired) electrons. The fourth-order valence-electron chi connectivity index (χ4n) is 1.77. The van der Waals surface area contributed by atoms with E-state index < -0.39 is 0 Å². The first-order valence-corrected chi connectivity index (χ1v) is 6.09. The molecule has 0 bridgehead atoms. The van der Waals surface area contributed by atoms with Crippen LogP contribution in [0, 0.1) is 0 Å². The Morgan fingerprint density at radius 3 is 2.59 bits per heavy atom. The average Bonchev–Trinajstić information content (AvgIpc) is 2.29. The van der Waals surface area contributed by atoms with Crippen LogP contribution in [0.3, 0.4) is 0 Å². The highest BCUT2D eigenvalue weighted by atomic mass is 35.5. The summed E-state index contributed by atoms with van der Waals surface area (Å²) >= 11 is 6.18. The summed E-state index contributed by atoms with van der Waals surface area (Å²) < 4.78 is 10.4. The van der Waals surface area contributed by atoms with Crippen LogP contribution in [0.4, 0.5) is 0 Å². The van der Waals surface area contributed by atoms with Crippen molar-refractivity contribution in [2.45, 2.75) is 32.4 Å². The Bertz CT molecular complexity index is 369. The maximum absolute atomic E-state index is 6.18. The number of ether oxygens (including phenoxy) is 2. The van der Waals surface area contributed by atoms with Gasteiger partial charge in [-0.05, 0) is 36.1 Å². The number of halogens is 1. The van der Waals surface area contributed by atoms with Crippen LogP contribution in [-0.2, 0) is 17.8 Å². The van der Waals surface area contributed by atoms with Gasteiger partial charge in [0.2, 0.25) is 0 Å². The lowest BCUT2D eigenvalue weighted by Crippen LogP contribution is -2.21. The highest BCUT2D eigenvalue weighted by molar-refractivity contribution is 6.32. The summed E-state index contributed by atoms with van der Waals surface area (Å²) in [6, 6.07) is 4.03. The molecule has 0 aliphatic carbocycles. The van der Waals surface area contributed by atoms with Crippen molar-refractivity contribution in [3.05, 3.63) is 28.3 Å². The van der Waals surface area contributed by atoms with Crippen LogP contribution in [0.15, 0.2) is 12.1 Å². The van der Waals surface area contributed by atoms with Gasteiger partial charge in [0.25, 0.3) is 0 Å². The normalized spacial score (nSPS) is 12.5. The maximum atomic E-state index is 6.18. The van der Waals surface area contributed by atoms with Gasteiger partial charge in [0, 0.05) is 13.2 Å². The van der Waals surface area contributed by atoms with Crippen molar-refractivity contribution >= 4 is 11.6 Å². The molecular weight excluding hydrogens is 238 g/mol. The summed E-state index contributed by atoms with van der Waals surface area (Å²) in [5.41, 5.74) is 8.05. The van der Waals surface area contributed by atoms with Crippen molar-refractivity contribution in [1.29, 1.82) is 0 Å². The van der Waals surface area contributed by atoms with Crippen LogP contribution < -0.4 is 10.5 Å². The Labute approximate surface area is 108 Å². The molecule has 96 valence electrons. The van der Waals surface area contributed by atoms with Gasteiger partial charge in [-0.15, -0.1) is 0 Å². The van der Waals surface area contributed by atoms with Crippen molar-refractivity contribution in [1.82, 2.24) is 0 Å². The fourth-order valence-corrected chi connectivity index (χ4v) is 2.11. The molecule has 0 saturated carbocycles. The molecule has 1 rings (SSSR count). The molecule has 0 spiro atoms. The minimum atomic E-state index is 0.123. The fraction of sp³-hybridized carbons (Fsp3) is 0.538. The van der Waals surface area contributed by atoms with E-state index in [0.717, 1.165) is 29.7 Å². The molecule has 0 aliphatic heterocycles. The third-order valence-electron chi connectivity index (χ3n) is 2.70. The third-order valence-corrected chi connectivity index (χ3v) is 2.98. The Morgan fingerprint density at radius 2 is 2.06 bits per heavy atom. The molecule has 1 aromatic carbocycles. The molecule has 17 heavy (non-hydrogen) atoms. The van der Waals surface area contributed by atoms with Gasteiger partial charge >= 0.3 is 0 Å². The number of benzene rings is 1. The van der Waals surface area contributed by atoms with Gasteiger partial charge in [-0.3, -0.25) is 0 Å². The number of hydrogen-bond acceptors (Lipinski definition) is 3. The SMILES string of the molecule is CCC(N)Cc1cc(COC)cc(Cl)c1OC. The predicted octanol–water partition coefficient (Wildman–Crippen LogP) is 2.77. The molecule has 0 aromatic heterocycles. The zero-order valence-corrected chi connectivity index (χ0v) is 11.4. The summed E-state index contributed by atoms with van der Waals surface area (Å²) in [5, 5.41) is 0.611. The summed E-state index contributed by atoms with van der Waals surface area (Å²) in [7, 11) is 3.29. The van der Waals surface area contributed by atoms with E-state index in [1.165, 1.54) is 0 Å². The first-order chi connectivity index (χ1) is 8.12. The molecule has 0 fully saturated rings. The number of methoxy groups -OCH3 is 2. The van der Waals surface area contributed by atoms with Crippen LogP contribution in [0.1, 0.15) is 24.5 Å². The molecule has 1 atom stereocenters. The van der Waals surface area contributed by atoms with Gasteiger partial charge in [-0.25, -0.2) is 0 Å². The lowest BCUT2D eigenvalue weighted by atomic mass is 10.0. The lowest BCUT2D eigenvalue weighted by molar-refractivity contribution is 0.184. The van der Waals surface area contributed by atoms with Crippen LogP contribution in [0.25, 0.3) is 0 Å². The van der Waals surface area contributed by atoms with Gasteiger partial charge in [0.05, 0.1) is 18.7 Å². The van der Waals surface area contributed by atoms with E-state index in [1.54, 1.807) is 14.2 Å². The first kappa shape index (κ1) is 14.3. The third kappa shape index (κ3) is 3.87. The van der Waals surface area contributed by atoms with E-state index in [0.29, 0.717) is 11.6 Å². The zero-order chi connectivity index (χ0) is 12.8. The topological polar surface area (TPSA) is 44.5 Å². The van der Waals surface area contributed by atoms with Crippen LogP contribution in [0.2, 0.25) is 5.02 Å². The average molecular weight is 258 g/mol. The minimum absolute atomic E-state index is 0.123. The summed E-state index contributed by atoms with van der Waals surface area (Å²) in [5.74, 6) is 0.718. The molecular formula is C13H20ClNO2. The molecule has 3 nitrogen and oxygen atoms in total. The monoisotopic (exact) mass is 257 g/mol. The minimum Gasteiger partial charge on any atom is -0.495 e. The predicted molar refractivity (Wildman–Crippen MR) is 70.7 cm³/mol. The quantitative estimate of drug-likeness (QED) is 0.852. The van der Waals surface area contributed by atoms with Crippen LogP contribution in [0.5, 0.6) is 5.75 Å². The highest BCUT2D eigenvalue weighted by Gasteiger charge is 2.12. The lowest BCUT2D eigenvalue weighted by Gasteiger charge is -2.15. The Kier molecular flexibility index (Phi) is 5.75. The number of hydrogen-bond donors (Lipinski definition) is 1. The van der Waals surface area contributed by atoms with E-state index in [9.17, 15) is 0 Å². The molecule has 1 unspecified atom stereocenters. The second-order valence-corrected chi connectivity index (χ2v) is 4.48. The second-order valence-electron chi connectivity index (χ2n) is 4.08. The Morgan fingerprint density at radius 1 is 1.35 bits per heavy atom. The number of nitrogens with two attached hydrogens (primary N) is 1.